The van der Waals surface area contributed by atoms with Crippen LogP contribution in [0, 0.1) is 5.92 Å². The van der Waals surface area contributed by atoms with Gasteiger partial charge in [-0.3, -0.25) is 0 Å². The normalized spacial score (nSPS) is 15.9. The van der Waals surface area contributed by atoms with Gasteiger partial charge in [0, 0.05) is 5.92 Å². The predicted molar refractivity (Wildman–Crippen MR) is 74.6 cm³/mol. The molecule has 0 saturated carbocycles. The van der Waals surface area contributed by atoms with Crippen LogP contribution in [0.3, 0.4) is 0 Å². The van der Waals surface area contributed by atoms with Crippen LogP contribution in [-0.2, 0) is 6.42 Å². The Morgan fingerprint density at radius 2 is 1.56 bits per heavy atom. The lowest BCUT2D eigenvalue weighted by atomic mass is 10.0. The highest BCUT2D eigenvalue weighted by molar-refractivity contribution is 6.89. The molecule has 1 radical (unpaired) electrons. The highest BCUT2D eigenvalue weighted by atomic mass is 28.3. The molecule has 0 N–H and O–H groups in total. The van der Waals surface area contributed by atoms with E-state index >= 15 is 0 Å². The van der Waals surface area contributed by atoms with Crippen LogP contribution < -0.4 is 5.19 Å². The first-order chi connectivity index (χ1) is 7.57. The van der Waals surface area contributed by atoms with E-state index in [9.17, 15) is 0 Å². The van der Waals surface area contributed by atoms with E-state index in [1.807, 2.05) is 0 Å². The number of rotatable bonds is 3. The van der Waals surface area contributed by atoms with Crippen LogP contribution in [0.15, 0.2) is 48.6 Å². The third-order valence-electron chi connectivity index (χ3n) is 2.95. The summed E-state index contributed by atoms with van der Waals surface area (Å²) in [4.78, 5) is 0. The number of hydrogen-bond acceptors (Lipinski definition) is 0. The zero-order chi connectivity index (χ0) is 11.6. The summed E-state index contributed by atoms with van der Waals surface area (Å²) in [7, 11) is -1.21. The molecule has 1 aliphatic carbocycles. The van der Waals surface area contributed by atoms with Crippen LogP contribution in [0.5, 0.6) is 0 Å². The molecular weight excluding hydrogens is 208 g/mol. The van der Waals surface area contributed by atoms with Crippen LogP contribution in [0.4, 0.5) is 0 Å². The van der Waals surface area contributed by atoms with E-state index in [-0.39, 0.29) is 0 Å². The molecule has 1 aromatic carbocycles. The fraction of sp³-hybridized carbons (Fsp3) is 0.267. The molecule has 0 heterocycles. The van der Waals surface area contributed by atoms with Crippen molar-refractivity contribution in [2.24, 2.45) is 0 Å². The summed E-state index contributed by atoms with van der Waals surface area (Å²) in [6.07, 6.45) is 9.73. The van der Waals surface area contributed by atoms with Gasteiger partial charge < -0.3 is 0 Å². The second kappa shape index (κ2) is 4.42. The first-order valence-electron chi connectivity index (χ1n) is 5.86. The topological polar surface area (TPSA) is 0 Å². The summed E-state index contributed by atoms with van der Waals surface area (Å²) in [5.41, 5.74) is 1.51. The van der Waals surface area contributed by atoms with Gasteiger partial charge in [0.1, 0.15) is 0 Å². The molecule has 0 aliphatic heterocycles. The molecule has 1 aliphatic rings. The smallest absolute Gasteiger partial charge is 0.0730 e. The van der Waals surface area contributed by atoms with Crippen molar-refractivity contribution in [3.05, 3.63) is 60.1 Å². The van der Waals surface area contributed by atoms with Gasteiger partial charge in [0.2, 0.25) is 0 Å². The van der Waals surface area contributed by atoms with Gasteiger partial charge in [0.25, 0.3) is 0 Å². The lowest BCUT2D eigenvalue weighted by molar-refractivity contribution is 1.11. The molecular formula is C15H19Si. The minimum atomic E-state index is -1.21. The van der Waals surface area contributed by atoms with Crippen molar-refractivity contribution in [3.63, 3.8) is 0 Å². The van der Waals surface area contributed by atoms with E-state index in [4.69, 9.17) is 0 Å². The van der Waals surface area contributed by atoms with Crippen molar-refractivity contribution in [3.8, 4) is 0 Å². The van der Waals surface area contributed by atoms with Gasteiger partial charge in [-0.25, -0.2) is 0 Å². The highest BCUT2D eigenvalue weighted by Gasteiger charge is 2.20. The van der Waals surface area contributed by atoms with Crippen LogP contribution in [-0.4, -0.2) is 8.07 Å². The quantitative estimate of drug-likeness (QED) is 0.694. The predicted octanol–water partition coefficient (Wildman–Crippen LogP) is 3.47. The van der Waals surface area contributed by atoms with E-state index in [0.29, 0.717) is 0 Å². The molecule has 0 aromatic heterocycles. The summed E-state index contributed by atoms with van der Waals surface area (Å²) in [6, 6.07) is 8.91. The maximum Gasteiger partial charge on any atom is 0.0779 e. The summed E-state index contributed by atoms with van der Waals surface area (Å²) in [6.45, 7) is 7.24. The Balaban J connectivity index is 2.26. The Labute approximate surface area is 99.7 Å². The number of hydrogen-bond donors (Lipinski definition) is 0. The molecule has 0 fully saturated rings. The second-order valence-electron chi connectivity index (χ2n) is 5.38. The Hall–Kier alpha value is -1.08. The monoisotopic (exact) mass is 227 g/mol. The minimum Gasteiger partial charge on any atom is -0.0730 e. The molecule has 0 unspecified atom stereocenters. The van der Waals surface area contributed by atoms with Crippen molar-refractivity contribution >= 4 is 13.3 Å². The second-order valence-corrected chi connectivity index (χ2v) is 10.4. The third-order valence-corrected chi connectivity index (χ3v) is 5.06. The lowest BCUT2D eigenvalue weighted by Crippen LogP contribution is -2.40. The summed E-state index contributed by atoms with van der Waals surface area (Å²) < 4.78 is 0. The lowest BCUT2D eigenvalue weighted by Gasteiger charge is -2.21. The van der Waals surface area contributed by atoms with Crippen LogP contribution in [0.1, 0.15) is 5.56 Å². The SMILES string of the molecule is C[Si](C)(C)c1ccccc1C[C]1C=CC=C1. The van der Waals surface area contributed by atoms with E-state index in [1.54, 1.807) is 5.19 Å². The third kappa shape index (κ3) is 2.53. The van der Waals surface area contributed by atoms with Crippen molar-refractivity contribution in [2.45, 2.75) is 26.1 Å². The van der Waals surface area contributed by atoms with Crippen LogP contribution in [0.25, 0.3) is 0 Å². The number of benzene rings is 1. The standard InChI is InChI=1S/C15H19Si/c1-16(2,3)15-11-7-6-10-14(15)12-13-8-4-5-9-13/h4-11H,12H2,1-3H3. The molecule has 2 rings (SSSR count). The highest BCUT2D eigenvalue weighted by Crippen LogP contribution is 2.18. The van der Waals surface area contributed by atoms with Gasteiger partial charge in [-0.2, -0.15) is 0 Å². The molecule has 1 heteroatoms. The molecule has 16 heavy (non-hydrogen) atoms. The van der Waals surface area contributed by atoms with E-state index < -0.39 is 8.07 Å². The van der Waals surface area contributed by atoms with Gasteiger partial charge in [-0.05, 0) is 12.0 Å². The minimum absolute atomic E-state index is 1.08. The first kappa shape index (κ1) is 11.4. The van der Waals surface area contributed by atoms with Crippen LogP contribution >= 0.6 is 0 Å². The first-order valence-corrected chi connectivity index (χ1v) is 9.36. The molecule has 0 spiro atoms. The molecule has 0 amide bonds. The zero-order valence-corrected chi connectivity index (χ0v) is 11.3. The molecule has 0 bridgehead atoms. The fourth-order valence-corrected chi connectivity index (χ4v) is 3.89. The molecule has 0 saturated heterocycles. The van der Waals surface area contributed by atoms with Crippen molar-refractivity contribution in [1.82, 2.24) is 0 Å². The van der Waals surface area contributed by atoms with Gasteiger partial charge in [-0.1, -0.05) is 73.4 Å². The van der Waals surface area contributed by atoms with Crippen molar-refractivity contribution in [2.75, 3.05) is 0 Å². The largest absolute Gasteiger partial charge is 0.0779 e. The van der Waals surface area contributed by atoms with E-state index in [2.05, 4.69) is 68.2 Å². The summed E-state index contributed by atoms with van der Waals surface area (Å²) in [5.74, 6) is 1.42. The maximum absolute atomic E-state index is 2.41. The van der Waals surface area contributed by atoms with Crippen molar-refractivity contribution in [1.29, 1.82) is 0 Å². The van der Waals surface area contributed by atoms with Gasteiger partial charge in [0.05, 0.1) is 8.07 Å². The summed E-state index contributed by atoms with van der Waals surface area (Å²) in [5, 5.41) is 1.59. The molecule has 0 atom stereocenters. The zero-order valence-electron chi connectivity index (χ0n) is 10.3. The maximum atomic E-state index is 2.41. The van der Waals surface area contributed by atoms with E-state index in [1.165, 1.54) is 11.5 Å². The fourth-order valence-electron chi connectivity index (χ4n) is 2.16. The average molecular weight is 227 g/mol. The average Bonchev–Trinajstić information content (AvgIpc) is 2.70. The molecule has 1 aromatic rings. The Morgan fingerprint density at radius 1 is 0.938 bits per heavy atom. The molecule has 83 valence electrons. The van der Waals surface area contributed by atoms with Gasteiger partial charge >= 0.3 is 0 Å². The summed E-state index contributed by atoms with van der Waals surface area (Å²) >= 11 is 0. The van der Waals surface area contributed by atoms with Crippen molar-refractivity contribution < 1.29 is 0 Å². The van der Waals surface area contributed by atoms with Gasteiger partial charge in [0.15, 0.2) is 0 Å². The number of allylic oxidation sites excluding steroid dienone is 4. The van der Waals surface area contributed by atoms with E-state index in [0.717, 1.165) is 6.42 Å². The van der Waals surface area contributed by atoms with Crippen LogP contribution in [0.2, 0.25) is 19.6 Å². The Bertz CT molecular complexity index is 409. The van der Waals surface area contributed by atoms with Gasteiger partial charge in [-0.15, -0.1) is 0 Å². The molecule has 0 nitrogen and oxygen atoms in total. The Morgan fingerprint density at radius 3 is 2.19 bits per heavy atom. The Kier molecular flexibility index (Phi) is 3.15.